The summed E-state index contributed by atoms with van der Waals surface area (Å²) in [6, 6.07) is 95.3. The maximum Gasteiger partial charge on any atom is 0.0808 e. The summed E-state index contributed by atoms with van der Waals surface area (Å²) in [4.78, 5) is 4.97. The van der Waals surface area contributed by atoms with Crippen LogP contribution in [-0.4, -0.2) is 8.07 Å². The van der Waals surface area contributed by atoms with Gasteiger partial charge in [0.05, 0.1) is 19.4 Å². The van der Waals surface area contributed by atoms with Gasteiger partial charge in [-0.15, -0.1) is 0 Å². The van der Waals surface area contributed by atoms with Crippen LogP contribution >= 0.6 is 0 Å². The Morgan fingerprint density at radius 2 is 0.714 bits per heavy atom. The van der Waals surface area contributed by atoms with Crippen LogP contribution in [0.4, 0.5) is 34.1 Å². The monoisotopic (exact) mass is 1200 g/mol. The maximum absolute atomic E-state index is 2.54. The summed E-state index contributed by atoms with van der Waals surface area (Å²) >= 11 is 0. The van der Waals surface area contributed by atoms with Gasteiger partial charge in [-0.2, -0.15) is 0 Å². The van der Waals surface area contributed by atoms with Crippen molar-refractivity contribution in [1.82, 2.24) is 0 Å². The first-order chi connectivity index (χ1) is 43.6. The lowest BCUT2D eigenvalue weighted by atomic mass is 9.83. The van der Waals surface area contributed by atoms with Gasteiger partial charge in [0.15, 0.2) is 0 Å². The van der Waals surface area contributed by atoms with E-state index in [0.717, 1.165) is 46.5 Å². The minimum absolute atomic E-state index is 0.360. The SMILES string of the molecule is Cc1ccc(N(c2ccc(-c3ccc(-c4ccc(CCC(C)CC(C)(C)C)cc4)cc3)cc2)c2cc3c4ccccc4c(N(c4ccccc4)c4ccc(-c5ccc(-c6ccc([Si](C)(C)CC(C)CC(C)(C)C)cc6)cc5)cc4C)cc3c3ccccc23)c(C)c1. The molecular weight excluding hydrogens is 1110 g/mol. The summed E-state index contributed by atoms with van der Waals surface area (Å²) in [6.07, 6.45) is 4.87. The van der Waals surface area contributed by atoms with Crippen molar-refractivity contribution < 1.29 is 0 Å². The highest BCUT2D eigenvalue weighted by molar-refractivity contribution is 6.89. The molecule has 0 N–H and O–H groups in total. The van der Waals surface area contributed by atoms with Gasteiger partial charge in [0.25, 0.3) is 0 Å². The Kier molecular flexibility index (Phi) is 17.7. The average molecular weight is 1210 g/mol. The fourth-order valence-corrected chi connectivity index (χ4v) is 18.2. The number of rotatable bonds is 18. The average Bonchev–Trinajstić information content (AvgIpc) is 0.729. The molecular formula is C88H92N2Si. The molecule has 0 heterocycles. The summed E-state index contributed by atoms with van der Waals surface area (Å²) in [5.74, 6) is 1.44. The number of hydrogen-bond acceptors (Lipinski definition) is 2. The van der Waals surface area contributed by atoms with E-state index in [1.54, 1.807) is 5.19 Å². The maximum atomic E-state index is 2.54. The predicted octanol–water partition coefficient (Wildman–Crippen LogP) is 25.7. The van der Waals surface area contributed by atoms with Crippen LogP contribution in [0.5, 0.6) is 0 Å². The van der Waals surface area contributed by atoms with Crippen LogP contribution in [0.3, 0.4) is 0 Å². The standard InChI is InChI=1S/C88H92N2Si/c1-60-28-51-83(63(4)53-60)90(75-47-42-70(43-48-75)68-36-34-67(35-37-68)66-32-30-65(31-33-66)29-27-61(2)57-87(6,7)8)86-56-82-77-23-17-19-25-79(77)85(55-81(82)78-24-18-20-26-80(78)86)89(74-21-15-14-16-22-74)84-52-46-73(54-64(84)5)72-40-38-69(39-41-72)71-44-49-76(50-45-71)91(12,13)59-62(3)58-88(9,10)11/h14-26,28,30-56,61-62H,27,29,57-59H2,1-13H3. The first-order valence-corrected chi connectivity index (χ1v) is 36.6. The Bertz CT molecular complexity index is 4510. The molecule has 12 aromatic rings. The molecule has 0 fully saturated rings. The topological polar surface area (TPSA) is 6.48 Å². The zero-order valence-electron chi connectivity index (χ0n) is 56.3. The van der Waals surface area contributed by atoms with E-state index in [4.69, 9.17) is 0 Å². The lowest BCUT2D eigenvalue weighted by Crippen LogP contribution is -2.42. The number of hydrogen-bond donors (Lipinski definition) is 0. The molecule has 0 aliphatic rings. The third-order valence-corrected chi connectivity index (χ3v) is 22.5. The van der Waals surface area contributed by atoms with Crippen molar-refractivity contribution in [2.75, 3.05) is 9.80 Å². The fourth-order valence-electron chi connectivity index (χ4n) is 15.0. The molecule has 0 amide bonds. The summed E-state index contributed by atoms with van der Waals surface area (Å²) in [7, 11) is -1.58. The van der Waals surface area contributed by atoms with E-state index in [0.29, 0.717) is 16.7 Å². The Morgan fingerprint density at radius 3 is 1.18 bits per heavy atom. The zero-order chi connectivity index (χ0) is 63.8. The second-order valence-electron chi connectivity index (χ2n) is 29.6. The van der Waals surface area contributed by atoms with E-state index in [1.165, 1.54) is 124 Å². The van der Waals surface area contributed by atoms with Crippen LogP contribution in [0.1, 0.15) is 96.9 Å². The Labute approximate surface area is 545 Å². The van der Waals surface area contributed by atoms with E-state index >= 15 is 0 Å². The van der Waals surface area contributed by atoms with Gasteiger partial charge in [-0.25, -0.2) is 0 Å². The second kappa shape index (κ2) is 25.9. The molecule has 458 valence electrons. The molecule has 0 aliphatic heterocycles. The van der Waals surface area contributed by atoms with E-state index in [2.05, 4.69) is 348 Å². The molecule has 91 heavy (non-hydrogen) atoms. The van der Waals surface area contributed by atoms with Crippen molar-refractivity contribution >= 4 is 79.7 Å². The summed E-state index contributed by atoms with van der Waals surface area (Å²) in [5.41, 5.74) is 22.4. The molecule has 0 saturated carbocycles. The van der Waals surface area contributed by atoms with Crippen LogP contribution in [0, 0.1) is 43.4 Å². The molecule has 12 aromatic carbocycles. The van der Waals surface area contributed by atoms with Crippen LogP contribution in [-0.2, 0) is 6.42 Å². The number of anilines is 6. The van der Waals surface area contributed by atoms with E-state index in [-0.39, 0.29) is 0 Å². The lowest BCUT2D eigenvalue weighted by Gasteiger charge is -2.31. The largest absolute Gasteiger partial charge is 0.310 e. The quantitative estimate of drug-likeness (QED) is 0.0624. The highest BCUT2D eigenvalue weighted by atomic mass is 28.3. The zero-order valence-corrected chi connectivity index (χ0v) is 57.3. The first-order valence-electron chi connectivity index (χ1n) is 33.3. The Morgan fingerprint density at radius 1 is 0.341 bits per heavy atom. The van der Waals surface area contributed by atoms with Crippen molar-refractivity contribution in [3.05, 3.63) is 271 Å². The first kappa shape index (κ1) is 62.4. The molecule has 2 nitrogen and oxygen atoms in total. The van der Waals surface area contributed by atoms with Gasteiger partial charge >= 0.3 is 0 Å². The van der Waals surface area contributed by atoms with Crippen molar-refractivity contribution in [2.45, 2.75) is 121 Å². The van der Waals surface area contributed by atoms with Gasteiger partial charge in [-0.05, 0) is 206 Å². The molecule has 12 rings (SSSR count). The van der Waals surface area contributed by atoms with Crippen molar-refractivity contribution in [1.29, 1.82) is 0 Å². The van der Waals surface area contributed by atoms with Crippen LogP contribution in [0.2, 0.25) is 19.1 Å². The predicted molar refractivity (Wildman–Crippen MR) is 401 cm³/mol. The summed E-state index contributed by atoms with van der Waals surface area (Å²) < 4.78 is 0. The van der Waals surface area contributed by atoms with Crippen molar-refractivity contribution in [2.24, 2.45) is 22.7 Å². The summed E-state index contributed by atoms with van der Waals surface area (Å²) in [5, 5.41) is 8.77. The smallest absolute Gasteiger partial charge is 0.0808 e. The molecule has 0 aromatic heterocycles. The molecule has 3 heteroatoms. The van der Waals surface area contributed by atoms with Crippen LogP contribution in [0.15, 0.2) is 249 Å². The molecule has 2 atom stereocenters. The number of nitrogens with zero attached hydrogens (tertiary/aromatic N) is 2. The minimum Gasteiger partial charge on any atom is -0.310 e. The molecule has 0 spiro atoms. The highest BCUT2D eigenvalue weighted by Crippen LogP contribution is 2.49. The van der Waals surface area contributed by atoms with Gasteiger partial charge in [0.2, 0.25) is 0 Å². The molecule has 2 unspecified atom stereocenters. The normalized spacial score (nSPS) is 12.8. The fraction of sp³-hybridized carbons (Fsp3) is 0.250. The molecule has 0 bridgehead atoms. The Balaban J connectivity index is 0.870. The molecule has 0 radical (unpaired) electrons. The van der Waals surface area contributed by atoms with Gasteiger partial charge < -0.3 is 9.80 Å². The molecule has 0 aliphatic carbocycles. The van der Waals surface area contributed by atoms with E-state index in [9.17, 15) is 0 Å². The van der Waals surface area contributed by atoms with Crippen molar-refractivity contribution in [3.63, 3.8) is 0 Å². The summed E-state index contributed by atoms with van der Waals surface area (Å²) in [6.45, 7) is 30.8. The minimum atomic E-state index is -1.58. The van der Waals surface area contributed by atoms with Gasteiger partial charge in [-0.1, -0.05) is 279 Å². The molecule has 0 saturated heterocycles. The van der Waals surface area contributed by atoms with Crippen LogP contribution < -0.4 is 15.0 Å². The second-order valence-corrected chi connectivity index (χ2v) is 34.4. The van der Waals surface area contributed by atoms with E-state index in [1.807, 2.05) is 0 Å². The number of benzene rings is 12. The third-order valence-electron chi connectivity index (χ3n) is 18.9. The van der Waals surface area contributed by atoms with Gasteiger partial charge in [0.1, 0.15) is 0 Å². The van der Waals surface area contributed by atoms with Gasteiger partial charge in [-0.3, -0.25) is 0 Å². The number of aryl methyl sites for hydroxylation is 4. The number of para-hydroxylation sites is 1. The lowest BCUT2D eigenvalue weighted by molar-refractivity contribution is 0.297. The van der Waals surface area contributed by atoms with Crippen LogP contribution in [0.25, 0.3) is 76.8 Å². The highest BCUT2D eigenvalue weighted by Gasteiger charge is 2.29. The third kappa shape index (κ3) is 13.9. The van der Waals surface area contributed by atoms with E-state index < -0.39 is 8.07 Å². The number of fused-ring (bicyclic) bond motifs is 5. The van der Waals surface area contributed by atoms with Gasteiger partial charge in [0, 0.05) is 33.5 Å². The van der Waals surface area contributed by atoms with Crippen molar-refractivity contribution in [3.8, 4) is 44.5 Å². The Hall–Kier alpha value is -8.76.